The highest BCUT2D eigenvalue weighted by atomic mass is 35.5. The Labute approximate surface area is 137 Å². The Hall–Kier alpha value is -1.80. The van der Waals surface area contributed by atoms with E-state index in [1.165, 1.54) is 37.2 Å². The van der Waals surface area contributed by atoms with E-state index in [0.29, 0.717) is 0 Å². The van der Waals surface area contributed by atoms with Crippen molar-refractivity contribution in [3.05, 3.63) is 58.1 Å². The van der Waals surface area contributed by atoms with Gasteiger partial charge in [0, 0.05) is 30.0 Å². The molecule has 3 heteroatoms. The zero-order valence-electron chi connectivity index (χ0n) is 13.1. The number of anilines is 1. The van der Waals surface area contributed by atoms with Gasteiger partial charge in [0.2, 0.25) is 0 Å². The molecule has 114 valence electrons. The number of rotatable bonds is 3. The maximum absolute atomic E-state index is 6.14. The second kappa shape index (κ2) is 6.53. The molecular weight excluding hydrogens is 292 g/mol. The number of hydrogen-bond acceptors (Lipinski definition) is 2. The fourth-order valence-corrected chi connectivity index (χ4v) is 2.96. The lowest BCUT2D eigenvalue weighted by atomic mass is 10.1. The number of aryl methyl sites for hydroxylation is 2. The van der Waals surface area contributed by atoms with E-state index in [0.717, 1.165) is 21.8 Å². The van der Waals surface area contributed by atoms with Gasteiger partial charge in [0.25, 0.3) is 0 Å². The van der Waals surface area contributed by atoms with Gasteiger partial charge in [-0.1, -0.05) is 23.7 Å². The Morgan fingerprint density at radius 1 is 1.00 bits per heavy atom. The van der Waals surface area contributed by atoms with E-state index in [4.69, 9.17) is 11.6 Å². The number of hydrogen-bond donors (Lipinski definition) is 0. The van der Waals surface area contributed by atoms with E-state index in [9.17, 15) is 0 Å². The van der Waals surface area contributed by atoms with Gasteiger partial charge in [-0.2, -0.15) is 0 Å². The second-order valence-corrected chi connectivity index (χ2v) is 6.33. The molecule has 2 nitrogen and oxygen atoms in total. The third-order valence-electron chi connectivity index (χ3n) is 4.23. The topological polar surface area (TPSA) is 15.6 Å². The zero-order valence-corrected chi connectivity index (χ0v) is 13.9. The molecule has 0 spiro atoms. The summed E-state index contributed by atoms with van der Waals surface area (Å²) in [5.74, 6) is 0. The van der Waals surface area contributed by atoms with Crippen molar-refractivity contribution >= 4 is 29.2 Å². The molecule has 0 aliphatic carbocycles. The number of nitrogens with zero attached hydrogens (tertiary/aromatic N) is 2. The molecule has 0 atom stereocenters. The van der Waals surface area contributed by atoms with Crippen molar-refractivity contribution in [1.82, 2.24) is 0 Å². The largest absolute Gasteiger partial charge is 0.372 e. The van der Waals surface area contributed by atoms with Crippen molar-refractivity contribution in [2.75, 3.05) is 18.0 Å². The fourth-order valence-electron chi connectivity index (χ4n) is 2.78. The molecule has 0 aromatic heterocycles. The summed E-state index contributed by atoms with van der Waals surface area (Å²) in [7, 11) is 0. The van der Waals surface area contributed by atoms with Gasteiger partial charge in [-0.05, 0) is 67.6 Å². The fraction of sp³-hybridized carbons (Fsp3) is 0.316. The van der Waals surface area contributed by atoms with E-state index in [-0.39, 0.29) is 0 Å². The average molecular weight is 313 g/mol. The molecule has 1 aliphatic heterocycles. The van der Waals surface area contributed by atoms with Crippen molar-refractivity contribution in [3.8, 4) is 0 Å². The third-order valence-corrected chi connectivity index (χ3v) is 4.64. The smallest absolute Gasteiger partial charge is 0.0644 e. The SMILES string of the molecule is Cc1ccc(N=Cc2ccc(N3CCCC3)cc2C)cc1Cl. The van der Waals surface area contributed by atoms with Crippen molar-refractivity contribution in [2.24, 2.45) is 4.99 Å². The van der Waals surface area contributed by atoms with Crippen LogP contribution in [0, 0.1) is 13.8 Å². The van der Waals surface area contributed by atoms with Gasteiger partial charge in [0.1, 0.15) is 0 Å². The summed E-state index contributed by atoms with van der Waals surface area (Å²) in [6, 6.07) is 12.5. The first-order valence-electron chi connectivity index (χ1n) is 7.79. The van der Waals surface area contributed by atoms with Crippen molar-refractivity contribution in [1.29, 1.82) is 0 Å². The minimum Gasteiger partial charge on any atom is -0.372 e. The summed E-state index contributed by atoms with van der Waals surface area (Å²) in [6.45, 7) is 6.49. The van der Waals surface area contributed by atoms with Crippen LogP contribution in [-0.2, 0) is 0 Å². The first-order chi connectivity index (χ1) is 10.6. The Bertz CT molecular complexity index is 701. The van der Waals surface area contributed by atoms with E-state index >= 15 is 0 Å². The Morgan fingerprint density at radius 2 is 1.77 bits per heavy atom. The van der Waals surface area contributed by atoms with Crippen LogP contribution >= 0.6 is 11.6 Å². The third kappa shape index (κ3) is 3.33. The van der Waals surface area contributed by atoms with Gasteiger partial charge in [-0.3, -0.25) is 4.99 Å². The first-order valence-corrected chi connectivity index (χ1v) is 8.17. The van der Waals surface area contributed by atoms with Crippen molar-refractivity contribution in [2.45, 2.75) is 26.7 Å². The van der Waals surface area contributed by atoms with Crippen molar-refractivity contribution < 1.29 is 0 Å². The molecule has 3 rings (SSSR count). The summed E-state index contributed by atoms with van der Waals surface area (Å²) >= 11 is 6.14. The van der Waals surface area contributed by atoms with Crippen LogP contribution in [0.3, 0.4) is 0 Å². The zero-order chi connectivity index (χ0) is 15.5. The highest BCUT2D eigenvalue weighted by molar-refractivity contribution is 6.31. The molecule has 2 aromatic carbocycles. The van der Waals surface area contributed by atoms with Gasteiger partial charge in [-0.15, -0.1) is 0 Å². The molecule has 2 aromatic rings. The van der Waals surface area contributed by atoms with Gasteiger partial charge in [0.05, 0.1) is 5.69 Å². The van der Waals surface area contributed by atoms with Crippen LogP contribution in [0.15, 0.2) is 41.4 Å². The Morgan fingerprint density at radius 3 is 2.45 bits per heavy atom. The molecule has 0 saturated carbocycles. The standard InChI is InChI=1S/C19H21ClN2/c1-14-5-7-17(12-19(14)20)21-13-16-6-8-18(11-15(16)2)22-9-3-4-10-22/h5-8,11-13H,3-4,9-10H2,1-2H3. The predicted octanol–water partition coefficient (Wildman–Crippen LogP) is 5.31. The van der Waals surface area contributed by atoms with Crippen LogP contribution in [0.25, 0.3) is 0 Å². The molecule has 1 saturated heterocycles. The van der Waals surface area contributed by atoms with Gasteiger partial charge >= 0.3 is 0 Å². The molecule has 1 heterocycles. The summed E-state index contributed by atoms with van der Waals surface area (Å²) in [5.41, 5.74) is 5.70. The van der Waals surface area contributed by atoms with E-state index in [1.807, 2.05) is 31.3 Å². The molecule has 0 unspecified atom stereocenters. The van der Waals surface area contributed by atoms with E-state index < -0.39 is 0 Å². The average Bonchev–Trinajstić information content (AvgIpc) is 3.04. The minimum absolute atomic E-state index is 0.760. The molecule has 22 heavy (non-hydrogen) atoms. The quantitative estimate of drug-likeness (QED) is 0.701. The molecule has 1 aliphatic rings. The highest BCUT2D eigenvalue weighted by Gasteiger charge is 2.12. The van der Waals surface area contributed by atoms with E-state index in [2.05, 4.69) is 35.0 Å². The second-order valence-electron chi connectivity index (χ2n) is 5.93. The molecular formula is C19H21ClN2. The van der Waals surface area contributed by atoms with E-state index in [1.54, 1.807) is 0 Å². The molecule has 0 N–H and O–H groups in total. The number of aliphatic imine (C=N–C) groups is 1. The normalized spacial score (nSPS) is 15.0. The summed E-state index contributed by atoms with van der Waals surface area (Å²) in [4.78, 5) is 7.00. The monoisotopic (exact) mass is 312 g/mol. The lowest BCUT2D eigenvalue weighted by molar-refractivity contribution is 0.949. The maximum Gasteiger partial charge on any atom is 0.0644 e. The maximum atomic E-state index is 6.14. The summed E-state index contributed by atoms with van der Waals surface area (Å²) < 4.78 is 0. The summed E-state index contributed by atoms with van der Waals surface area (Å²) in [5, 5.41) is 0.760. The lowest BCUT2D eigenvalue weighted by Crippen LogP contribution is -2.17. The predicted molar refractivity (Wildman–Crippen MR) is 96.1 cm³/mol. The molecule has 0 bridgehead atoms. The van der Waals surface area contributed by atoms with Crippen LogP contribution < -0.4 is 4.90 Å². The first kappa shape index (κ1) is 15.1. The summed E-state index contributed by atoms with van der Waals surface area (Å²) in [6.07, 6.45) is 4.52. The minimum atomic E-state index is 0.760. The van der Waals surface area contributed by atoms with Crippen LogP contribution in [0.1, 0.15) is 29.5 Å². The van der Waals surface area contributed by atoms with Gasteiger partial charge in [0.15, 0.2) is 0 Å². The molecule has 1 fully saturated rings. The number of benzene rings is 2. The van der Waals surface area contributed by atoms with Crippen LogP contribution in [0.5, 0.6) is 0 Å². The Balaban J connectivity index is 1.79. The van der Waals surface area contributed by atoms with Crippen LogP contribution in [-0.4, -0.2) is 19.3 Å². The van der Waals surface area contributed by atoms with Crippen molar-refractivity contribution in [3.63, 3.8) is 0 Å². The molecule has 0 radical (unpaired) electrons. The van der Waals surface area contributed by atoms with Gasteiger partial charge < -0.3 is 4.90 Å². The lowest BCUT2D eigenvalue weighted by Gasteiger charge is -2.18. The Kier molecular flexibility index (Phi) is 4.49. The highest BCUT2D eigenvalue weighted by Crippen LogP contribution is 2.24. The number of halogens is 1. The van der Waals surface area contributed by atoms with Crippen LogP contribution in [0.4, 0.5) is 11.4 Å². The molecule has 0 amide bonds. The van der Waals surface area contributed by atoms with Gasteiger partial charge in [-0.25, -0.2) is 0 Å². The van der Waals surface area contributed by atoms with Crippen LogP contribution in [0.2, 0.25) is 5.02 Å².